The van der Waals surface area contributed by atoms with E-state index in [-0.39, 0.29) is 97.7 Å². The highest BCUT2D eigenvalue weighted by Gasteiger charge is 2.55. The third-order valence-corrected chi connectivity index (χ3v) is 30.3. The van der Waals surface area contributed by atoms with Crippen molar-refractivity contribution in [1.29, 1.82) is 0 Å². The van der Waals surface area contributed by atoms with Crippen molar-refractivity contribution in [2.45, 2.75) is 607 Å². The van der Waals surface area contributed by atoms with Gasteiger partial charge in [0, 0.05) is 131 Å². The number of carbonyl (C=O) groups is 2. The number of hydrogen-bond donors (Lipinski definition) is 2. The number of anilines is 3. The van der Waals surface area contributed by atoms with E-state index in [0.717, 1.165) is 244 Å². The zero-order valence-electron chi connectivity index (χ0n) is 92.6. The maximum Gasteiger partial charge on any atom is 0.317 e. The molecule has 5 aliphatic rings. The SMILES string of the molecule is CCCCCCCCON1C(C)(C)CC(N(CCCCCCCN(c2nc(N(CCCC)C3CC(C)(C)N(OCCCCCCCC)C(C)(C)C3)nc(N(CCCCCCN(C(=O)NCC)C3CC(C)(C)N(OCCCCCCCC)C(C)(C)C3)C3CC(C)(C)N(OCCCCCCCC)C(C)(C)C3)n2)C2CC(C)(C)N(OCCCCCCCC)C(C)(C)C2)C(=O)NCC)CC1(C)C. The fourth-order valence-corrected chi connectivity index (χ4v) is 24.9. The summed E-state index contributed by atoms with van der Waals surface area (Å²) in [5.74, 6) is 2.36. The standard InChI is InChI=1S/C111H217N15O7/c1-29-37-43-48-58-67-77-129-122-102(9,10)82-92(83-103(122,11)12)117(72-42-34-6)97-114-98(118(93-84-104(13,14)123(105(15,16)85-93)130-78-68-59-49-44-38-30-2)73-63-54-53-55-65-75-120(100(127)112-35-7)95-88-108(21,22)125(109(23,24)89-95)132-80-70-61-51-46-40-32-4)116-99(115-97)119(94-86-106(17,18)124(107(19,20)87-94)131-79-69-60-50-45-39-31-3)74-64-56-57-66-76-121(101(128)113-36-8)96-90-110(25,26)126(111(27,28)91-96)133-81-71-62-52-47-41-33-5/h92-96H,29-91H2,1-28H3,(H,112,127)(H,113,128). The fourth-order valence-electron chi connectivity index (χ4n) is 24.9. The fraction of sp³-hybridized carbons (Fsp3) is 0.955. The van der Waals surface area contributed by atoms with Crippen LogP contribution in [0.2, 0.25) is 0 Å². The lowest BCUT2D eigenvalue weighted by molar-refractivity contribution is -0.287. The van der Waals surface area contributed by atoms with E-state index in [4.69, 9.17) is 39.1 Å². The Kier molecular flexibility index (Phi) is 51.8. The third-order valence-electron chi connectivity index (χ3n) is 30.3. The normalized spacial score (nSPS) is 20.6. The summed E-state index contributed by atoms with van der Waals surface area (Å²) in [7, 11) is 0. The van der Waals surface area contributed by atoms with Crippen molar-refractivity contribution < 1.29 is 33.8 Å². The lowest BCUT2D eigenvalue weighted by atomic mass is 9.78. The molecule has 0 saturated carbocycles. The van der Waals surface area contributed by atoms with Crippen molar-refractivity contribution in [2.24, 2.45) is 0 Å². The topological polar surface area (TPSA) is 175 Å². The van der Waals surface area contributed by atoms with Crippen molar-refractivity contribution >= 4 is 29.9 Å². The summed E-state index contributed by atoms with van der Waals surface area (Å²) in [6.45, 7) is 74.2. The van der Waals surface area contributed by atoms with Gasteiger partial charge >= 0.3 is 12.1 Å². The number of nitrogens with one attached hydrogen (secondary N) is 2. The Morgan fingerprint density at radius 2 is 0.406 bits per heavy atom. The number of amides is 4. The predicted molar refractivity (Wildman–Crippen MR) is 562 cm³/mol. The van der Waals surface area contributed by atoms with Crippen LogP contribution in [-0.4, -0.2) is 227 Å². The van der Waals surface area contributed by atoms with E-state index in [1.807, 2.05) is 13.8 Å². The molecule has 0 aromatic carbocycles. The molecule has 133 heavy (non-hydrogen) atoms. The van der Waals surface area contributed by atoms with Crippen molar-refractivity contribution in [2.75, 3.05) is 93.5 Å². The molecule has 0 bridgehead atoms. The van der Waals surface area contributed by atoms with Crippen LogP contribution >= 0.6 is 0 Å². The molecular formula is C111H217N15O7. The second-order valence-corrected chi connectivity index (χ2v) is 48.3. The monoisotopic (exact) mass is 1870 g/mol. The molecule has 0 unspecified atom stereocenters. The highest BCUT2D eigenvalue weighted by atomic mass is 16.7. The smallest absolute Gasteiger partial charge is 0.317 e. The van der Waals surface area contributed by atoms with Crippen LogP contribution in [0.4, 0.5) is 27.4 Å². The van der Waals surface area contributed by atoms with Crippen LogP contribution in [0, 0.1) is 0 Å². The molecule has 22 heteroatoms. The Labute approximate surface area is 820 Å². The van der Waals surface area contributed by atoms with Gasteiger partial charge in [-0.1, -0.05) is 241 Å². The van der Waals surface area contributed by atoms with Crippen LogP contribution in [0.1, 0.15) is 521 Å². The van der Waals surface area contributed by atoms with Crippen LogP contribution < -0.4 is 25.3 Å². The van der Waals surface area contributed by atoms with Gasteiger partial charge < -0.3 is 35.1 Å². The van der Waals surface area contributed by atoms with Gasteiger partial charge in [-0.15, -0.1) is 0 Å². The van der Waals surface area contributed by atoms with Crippen molar-refractivity contribution in [3.63, 3.8) is 0 Å². The second-order valence-electron chi connectivity index (χ2n) is 48.3. The van der Waals surface area contributed by atoms with E-state index in [2.05, 4.69) is 240 Å². The van der Waals surface area contributed by atoms with Gasteiger partial charge in [-0.3, -0.25) is 24.2 Å². The molecule has 6 heterocycles. The minimum atomic E-state index is -0.329. The first-order chi connectivity index (χ1) is 63.0. The Morgan fingerprint density at radius 3 is 0.602 bits per heavy atom. The van der Waals surface area contributed by atoms with Gasteiger partial charge in [0.1, 0.15) is 0 Å². The van der Waals surface area contributed by atoms with Crippen molar-refractivity contribution in [1.82, 2.24) is 60.7 Å². The quantitative estimate of drug-likeness (QED) is 0.0589. The highest BCUT2D eigenvalue weighted by molar-refractivity contribution is 5.75. The number of urea groups is 2. The average Bonchev–Trinajstić information content (AvgIpc) is 0.761. The maximum atomic E-state index is 14.6. The van der Waals surface area contributed by atoms with Crippen molar-refractivity contribution in [3.05, 3.63) is 0 Å². The van der Waals surface area contributed by atoms with Crippen LogP contribution in [0.15, 0.2) is 0 Å². The summed E-state index contributed by atoms with van der Waals surface area (Å²) in [6, 6.07) is 0.514. The maximum absolute atomic E-state index is 14.6. The molecule has 2 N–H and O–H groups in total. The van der Waals surface area contributed by atoms with Gasteiger partial charge in [-0.25, -0.2) is 9.59 Å². The Bertz CT molecular complexity index is 3220. The van der Waals surface area contributed by atoms with E-state index in [1.54, 1.807) is 0 Å². The summed E-state index contributed by atoms with van der Waals surface area (Å²) < 4.78 is 0. The van der Waals surface area contributed by atoms with Crippen LogP contribution in [-0.2, 0) is 24.2 Å². The molecule has 778 valence electrons. The van der Waals surface area contributed by atoms with Crippen molar-refractivity contribution in [3.8, 4) is 0 Å². The molecule has 4 amide bonds. The number of nitrogens with zero attached hydrogens (tertiary/aromatic N) is 13. The summed E-state index contributed by atoms with van der Waals surface area (Å²) in [6.07, 6.45) is 56.3. The lowest BCUT2D eigenvalue weighted by Crippen LogP contribution is -2.65. The third kappa shape index (κ3) is 38.1. The van der Waals surface area contributed by atoms with Gasteiger partial charge in [0.25, 0.3) is 0 Å². The van der Waals surface area contributed by atoms with E-state index in [9.17, 15) is 9.59 Å². The minimum absolute atomic E-state index is 0.0451. The number of carbonyl (C=O) groups excluding carboxylic acids is 2. The molecule has 22 nitrogen and oxygen atoms in total. The van der Waals surface area contributed by atoms with E-state index in [0.29, 0.717) is 19.6 Å². The van der Waals surface area contributed by atoms with Gasteiger partial charge in [-0.2, -0.15) is 40.3 Å². The summed E-state index contributed by atoms with van der Waals surface area (Å²) >= 11 is 0. The predicted octanol–water partition coefficient (Wildman–Crippen LogP) is 28.2. The molecule has 0 spiro atoms. The zero-order valence-corrected chi connectivity index (χ0v) is 92.6. The summed E-state index contributed by atoms with van der Waals surface area (Å²) in [4.78, 5) is 94.7. The Morgan fingerprint density at radius 1 is 0.241 bits per heavy atom. The lowest BCUT2D eigenvalue weighted by Gasteiger charge is -2.56. The molecule has 6 rings (SSSR count). The second kappa shape index (κ2) is 58.2. The van der Waals surface area contributed by atoms with E-state index in [1.165, 1.54) is 161 Å². The highest BCUT2D eigenvalue weighted by Crippen LogP contribution is 2.49. The number of hydrogen-bond acceptors (Lipinski definition) is 18. The zero-order chi connectivity index (χ0) is 98.2. The number of hydroxylamine groups is 10. The van der Waals surface area contributed by atoms with Gasteiger partial charge in [-0.05, 0) is 281 Å². The molecule has 1 aromatic heterocycles. The van der Waals surface area contributed by atoms with Crippen LogP contribution in [0.5, 0.6) is 0 Å². The minimum Gasteiger partial charge on any atom is -0.338 e. The molecule has 5 aliphatic heterocycles. The van der Waals surface area contributed by atoms with E-state index >= 15 is 0 Å². The average molecular weight is 1870 g/mol. The first-order valence-corrected chi connectivity index (χ1v) is 56.3. The molecule has 0 radical (unpaired) electrons. The number of rotatable bonds is 68. The first-order valence-electron chi connectivity index (χ1n) is 56.3. The largest absolute Gasteiger partial charge is 0.338 e. The Balaban J connectivity index is 1.46. The molecule has 0 aliphatic carbocycles. The van der Waals surface area contributed by atoms with E-state index < -0.39 is 0 Å². The van der Waals surface area contributed by atoms with Crippen LogP contribution in [0.3, 0.4) is 0 Å². The Hall–Kier alpha value is -3.45. The number of piperidine rings is 5. The van der Waals surface area contributed by atoms with Gasteiger partial charge in [0.05, 0.1) is 33.0 Å². The number of unbranched alkanes of at least 4 members (excludes halogenated alkanes) is 33. The molecule has 0 atom stereocenters. The first kappa shape index (κ1) is 118. The number of aromatic nitrogens is 3. The molecule has 5 saturated heterocycles. The molecular weight excluding hydrogens is 1660 g/mol. The molecule has 5 fully saturated rings. The molecule has 1 aromatic rings. The summed E-state index contributed by atoms with van der Waals surface area (Å²) in [5.41, 5.74) is -2.93. The summed E-state index contributed by atoms with van der Waals surface area (Å²) in [5, 5.41) is 18.3. The van der Waals surface area contributed by atoms with Gasteiger partial charge in [0.2, 0.25) is 17.8 Å². The van der Waals surface area contributed by atoms with Gasteiger partial charge in [0.15, 0.2) is 0 Å². The van der Waals surface area contributed by atoms with Crippen LogP contribution in [0.25, 0.3) is 0 Å².